The summed E-state index contributed by atoms with van der Waals surface area (Å²) in [5.41, 5.74) is 1.15. The van der Waals surface area contributed by atoms with Gasteiger partial charge < -0.3 is 18.8 Å². The molecule has 4 rings (SSSR count). The first-order valence-corrected chi connectivity index (χ1v) is 14.3. The molecule has 0 aliphatic heterocycles. The summed E-state index contributed by atoms with van der Waals surface area (Å²) < 4.78 is 17.2. The number of aromatic nitrogens is 3. The van der Waals surface area contributed by atoms with Crippen LogP contribution in [0.1, 0.15) is 74.8 Å². The summed E-state index contributed by atoms with van der Waals surface area (Å²) in [5, 5.41) is 11.2. The number of hydrogen-bond acceptors (Lipinski definition) is 7. The van der Waals surface area contributed by atoms with Gasteiger partial charge in [-0.15, -0.1) is 0 Å². The Balaban J connectivity index is 1.29. The molecular weight excluding hydrogens is 436 g/mol. The molecule has 1 fully saturated rings. The maximum absolute atomic E-state index is 12.5. The highest BCUT2D eigenvalue weighted by Gasteiger charge is 2.40. The molecule has 8 nitrogen and oxygen atoms in total. The lowest BCUT2D eigenvalue weighted by Gasteiger charge is -2.37. The maximum atomic E-state index is 12.5. The summed E-state index contributed by atoms with van der Waals surface area (Å²) in [6, 6.07) is 11.3. The first kappa shape index (κ1) is 23.4. The number of amides is 1. The van der Waals surface area contributed by atoms with Crippen LogP contribution in [0.25, 0.3) is 11.3 Å². The summed E-state index contributed by atoms with van der Waals surface area (Å²) in [6.45, 7) is 13.0. The van der Waals surface area contributed by atoms with E-state index in [1.165, 1.54) is 0 Å². The van der Waals surface area contributed by atoms with E-state index in [2.05, 4.69) is 54.5 Å². The molecule has 33 heavy (non-hydrogen) atoms. The zero-order valence-corrected chi connectivity index (χ0v) is 21.1. The van der Waals surface area contributed by atoms with Crippen molar-refractivity contribution in [2.24, 2.45) is 0 Å². The number of carbonyl (C=O) groups excluding carboxylic acids is 1. The average molecular weight is 469 g/mol. The van der Waals surface area contributed by atoms with Gasteiger partial charge in [0.15, 0.2) is 25.6 Å². The van der Waals surface area contributed by atoms with E-state index in [4.69, 9.17) is 13.5 Å². The van der Waals surface area contributed by atoms with Crippen LogP contribution in [0.5, 0.6) is 0 Å². The smallest absolute Gasteiger partial charge is 0.273 e. The fourth-order valence-corrected chi connectivity index (χ4v) is 4.91. The fraction of sp³-hybridized carbons (Fsp3) is 0.500. The number of carbonyl (C=O) groups is 1. The molecule has 0 radical (unpaired) electrons. The van der Waals surface area contributed by atoms with Gasteiger partial charge in [-0.2, -0.15) is 4.98 Å². The van der Waals surface area contributed by atoms with E-state index in [1.54, 1.807) is 6.07 Å². The SMILES string of the molecule is CC(O[Si](C)(C)C(C)(C)C)c1noc([C@H]2C[C@H](NC(=O)c3cc(-c4ccccc4)on3)C2)n1. The van der Waals surface area contributed by atoms with Crippen LogP contribution in [-0.4, -0.2) is 35.6 Å². The first-order chi connectivity index (χ1) is 15.5. The zero-order valence-electron chi connectivity index (χ0n) is 20.1. The molecule has 0 spiro atoms. The Morgan fingerprint density at radius 3 is 2.52 bits per heavy atom. The van der Waals surface area contributed by atoms with Crippen LogP contribution in [0, 0.1) is 0 Å². The predicted octanol–water partition coefficient (Wildman–Crippen LogP) is 5.48. The van der Waals surface area contributed by atoms with E-state index in [9.17, 15) is 4.79 Å². The second kappa shape index (κ2) is 8.87. The minimum atomic E-state index is -1.93. The van der Waals surface area contributed by atoms with Crippen LogP contribution in [-0.2, 0) is 4.43 Å². The van der Waals surface area contributed by atoms with Gasteiger partial charge in [0.05, 0.1) is 0 Å². The molecule has 2 heterocycles. The molecule has 1 aliphatic rings. The Bertz CT molecular complexity index is 1100. The van der Waals surface area contributed by atoms with E-state index in [-0.39, 0.29) is 34.7 Å². The van der Waals surface area contributed by atoms with Crippen molar-refractivity contribution in [3.8, 4) is 11.3 Å². The molecule has 9 heteroatoms. The monoisotopic (exact) mass is 468 g/mol. The van der Waals surface area contributed by atoms with Crippen LogP contribution in [0.4, 0.5) is 0 Å². The van der Waals surface area contributed by atoms with Gasteiger partial charge in [-0.25, -0.2) is 0 Å². The minimum Gasteiger partial charge on any atom is -0.407 e. The first-order valence-electron chi connectivity index (χ1n) is 11.4. The van der Waals surface area contributed by atoms with Crippen LogP contribution >= 0.6 is 0 Å². The Morgan fingerprint density at radius 2 is 1.85 bits per heavy atom. The number of hydrogen-bond donors (Lipinski definition) is 1. The number of nitrogens with zero attached hydrogens (tertiary/aromatic N) is 3. The normalized spacial score (nSPS) is 19.7. The highest BCUT2D eigenvalue weighted by atomic mass is 28.4. The molecular formula is C24H32N4O4Si. The lowest BCUT2D eigenvalue weighted by atomic mass is 9.80. The van der Waals surface area contributed by atoms with Crippen LogP contribution in [0.15, 0.2) is 45.4 Å². The van der Waals surface area contributed by atoms with Crippen molar-refractivity contribution in [2.45, 2.75) is 76.7 Å². The van der Waals surface area contributed by atoms with E-state index in [0.717, 1.165) is 18.4 Å². The molecule has 1 unspecified atom stereocenters. The van der Waals surface area contributed by atoms with Crippen molar-refractivity contribution in [2.75, 3.05) is 0 Å². The third kappa shape index (κ3) is 5.09. The Kier molecular flexibility index (Phi) is 6.28. The number of rotatable bonds is 7. The maximum Gasteiger partial charge on any atom is 0.273 e. The van der Waals surface area contributed by atoms with Gasteiger partial charge in [0.1, 0.15) is 6.10 Å². The standard InChI is InChI=1S/C24H32N4O4Si/c1-15(32-33(5,6)24(2,3)4)21-26-23(31-28-21)17-12-18(13-17)25-22(29)19-14-20(30-27-19)16-10-8-7-9-11-16/h7-11,14-15,17-18H,12-13H2,1-6H3,(H,25,29)/t15?,17-,18-. The topological polar surface area (TPSA) is 103 Å². The van der Waals surface area contributed by atoms with Crippen molar-refractivity contribution < 1.29 is 18.3 Å². The van der Waals surface area contributed by atoms with Crippen LogP contribution < -0.4 is 5.32 Å². The quantitative estimate of drug-likeness (QED) is 0.458. The Labute approximate surface area is 195 Å². The highest BCUT2D eigenvalue weighted by Crippen LogP contribution is 2.40. The predicted molar refractivity (Wildman–Crippen MR) is 126 cm³/mol. The lowest BCUT2D eigenvalue weighted by Crippen LogP contribution is -2.43. The van der Waals surface area contributed by atoms with E-state index in [1.807, 2.05) is 37.3 Å². The summed E-state index contributed by atoms with van der Waals surface area (Å²) in [5.74, 6) is 1.65. The van der Waals surface area contributed by atoms with Crippen molar-refractivity contribution in [3.05, 3.63) is 53.8 Å². The van der Waals surface area contributed by atoms with Gasteiger partial charge in [-0.05, 0) is 37.9 Å². The van der Waals surface area contributed by atoms with Crippen LogP contribution in [0.2, 0.25) is 18.1 Å². The molecule has 1 atom stereocenters. The van der Waals surface area contributed by atoms with E-state index < -0.39 is 8.32 Å². The summed E-state index contributed by atoms with van der Waals surface area (Å²) in [4.78, 5) is 17.1. The highest BCUT2D eigenvalue weighted by molar-refractivity contribution is 6.74. The molecule has 1 amide bonds. The molecule has 3 aromatic rings. The molecule has 176 valence electrons. The minimum absolute atomic E-state index is 0.0376. The molecule has 0 saturated heterocycles. The molecule has 1 N–H and O–H groups in total. The van der Waals surface area contributed by atoms with Crippen molar-refractivity contribution in [3.63, 3.8) is 0 Å². The van der Waals surface area contributed by atoms with E-state index >= 15 is 0 Å². The number of benzene rings is 1. The second-order valence-corrected chi connectivity index (χ2v) is 15.0. The summed E-state index contributed by atoms with van der Waals surface area (Å²) in [7, 11) is -1.93. The fourth-order valence-electron chi connectivity index (χ4n) is 3.57. The zero-order chi connectivity index (χ0) is 23.8. The van der Waals surface area contributed by atoms with Crippen LogP contribution in [0.3, 0.4) is 0 Å². The third-order valence-electron chi connectivity index (χ3n) is 6.72. The number of nitrogens with one attached hydrogen (secondary N) is 1. The molecule has 1 aliphatic carbocycles. The van der Waals surface area contributed by atoms with Gasteiger partial charge in [-0.3, -0.25) is 4.79 Å². The lowest BCUT2D eigenvalue weighted by molar-refractivity contribution is 0.0892. The van der Waals surface area contributed by atoms with Crippen molar-refractivity contribution >= 4 is 14.2 Å². The molecule has 1 aromatic carbocycles. The van der Waals surface area contributed by atoms with Gasteiger partial charge >= 0.3 is 0 Å². The Morgan fingerprint density at radius 1 is 1.15 bits per heavy atom. The van der Waals surface area contributed by atoms with Gasteiger partial charge in [0, 0.05) is 23.6 Å². The van der Waals surface area contributed by atoms with Crippen molar-refractivity contribution in [1.82, 2.24) is 20.6 Å². The average Bonchev–Trinajstić information content (AvgIpc) is 3.40. The molecule has 2 aromatic heterocycles. The van der Waals surface area contributed by atoms with Gasteiger partial charge in [0.25, 0.3) is 5.91 Å². The van der Waals surface area contributed by atoms with Crippen molar-refractivity contribution in [1.29, 1.82) is 0 Å². The largest absolute Gasteiger partial charge is 0.407 e. The summed E-state index contributed by atoms with van der Waals surface area (Å²) >= 11 is 0. The molecule has 0 bridgehead atoms. The molecule has 1 saturated carbocycles. The van der Waals surface area contributed by atoms with E-state index in [0.29, 0.717) is 17.5 Å². The third-order valence-corrected chi connectivity index (χ3v) is 11.3. The van der Waals surface area contributed by atoms with Gasteiger partial charge in [0.2, 0.25) is 5.89 Å². The second-order valence-electron chi connectivity index (χ2n) is 10.3. The summed E-state index contributed by atoms with van der Waals surface area (Å²) in [6.07, 6.45) is 1.27. The van der Waals surface area contributed by atoms with Gasteiger partial charge in [-0.1, -0.05) is 61.4 Å². The Hall–Kier alpha value is -2.78.